The van der Waals surface area contributed by atoms with E-state index in [4.69, 9.17) is 11.6 Å². The molecule has 1 saturated heterocycles. The molecule has 5 nitrogen and oxygen atoms in total. The molecule has 22 heavy (non-hydrogen) atoms. The van der Waals surface area contributed by atoms with Crippen molar-refractivity contribution in [3.8, 4) is 0 Å². The lowest BCUT2D eigenvalue weighted by Gasteiger charge is -2.18. The second kappa shape index (κ2) is 4.68. The van der Waals surface area contributed by atoms with E-state index >= 15 is 0 Å². The van der Waals surface area contributed by atoms with E-state index in [2.05, 4.69) is 5.43 Å². The van der Waals surface area contributed by atoms with Crippen molar-refractivity contribution in [3.05, 3.63) is 47.0 Å². The van der Waals surface area contributed by atoms with E-state index < -0.39 is 5.91 Å². The number of halogens is 1. The summed E-state index contributed by atoms with van der Waals surface area (Å²) in [7, 11) is 0. The minimum absolute atomic E-state index is 0.119. The van der Waals surface area contributed by atoms with Gasteiger partial charge in [0.1, 0.15) is 0 Å². The summed E-state index contributed by atoms with van der Waals surface area (Å²) in [5.41, 5.74) is 2.65. The summed E-state index contributed by atoms with van der Waals surface area (Å²) in [4.78, 5) is 37.2. The van der Waals surface area contributed by atoms with E-state index in [1.165, 1.54) is 0 Å². The number of hydrazine groups is 1. The van der Waals surface area contributed by atoms with Crippen molar-refractivity contribution in [3.63, 3.8) is 0 Å². The quantitative estimate of drug-likeness (QED) is 0.668. The highest BCUT2D eigenvalue weighted by molar-refractivity contribution is 6.33. The molecule has 1 saturated carbocycles. The van der Waals surface area contributed by atoms with Crippen molar-refractivity contribution in [1.29, 1.82) is 0 Å². The predicted molar refractivity (Wildman–Crippen MR) is 78.5 cm³/mol. The number of rotatable bonds is 2. The normalized spacial score (nSPS) is 31.8. The Morgan fingerprint density at radius 2 is 1.68 bits per heavy atom. The van der Waals surface area contributed by atoms with Gasteiger partial charge in [0, 0.05) is 0 Å². The number of fused-ring (bicyclic) bond motifs is 5. The maximum absolute atomic E-state index is 12.5. The fourth-order valence-corrected chi connectivity index (χ4v) is 4.04. The first-order valence-corrected chi connectivity index (χ1v) is 7.57. The second-order valence-electron chi connectivity index (χ2n) is 5.93. The molecule has 2 aliphatic carbocycles. The van der Waals surface area contributed by atoms with Gasteiger partial charge < -0.3 is 0 Å². The number of imide groups is 1. The highest BCUT2D eigenvalue weighted by Gasteiger charge is 2.59. The number of benzene rings is 1. The van der Waals surface area contributed by atoms with Crippen molar-refractivity contribution < 1.29 is 14.4 Å². The third-order valence-electron chi connectivity index (χ3n) is 4.80. The molecule has 112 valence electrons. The van der Waals surface area contributed by atoms with E-state index in [0.717, 1.165) is 11.4 Å². The molecule has 0 aromatic heterocycles. The van der Waals surface area contributed by atoms with Crippen LogP contribution in [0.2, 0.25) is 5.02 Å². The zero-order valence-corrected chi connectivity index (χ0v) is 12.3. The number of carbonyl (C=O) groups is 3. The van der Waals surface area contributed by atoms with Crippen LogP contribution in [0.3, 0.4) is 0 Å². The second-order valence-corrected chi connectivity index (χ2v) is 6.34. The van der Waals surface area contributed by atoms with Gasteiger partial charge in [0.2, 0.25) is 0 Å². The van der Waals surface area contributed by atoms with Gasteiger partial charge in [-0.1, -0.05) is 35.9 Å². The third kappa shape index (κ3) is 1.75. The van der Waals surface area contributed by atoms with Gasteiger partial charge in [-0.2, -0.15) is 5.01 Å². The third-order valence-corrected chi connectivity index (χ3v) is 5.13. The predicted octanol–water partition coefficient (Wildman–Crippen LogP) is 1.79. The van der Waals surface area contributed by atoms with Crippen LogP contribution >= 0.6 is 11.6 Å². The van der Waals surface area contributed by atoms with Gasteiger partial charge in [-0.15, -0.1) is 0 Å². The Hall–Kier alpha value is -2.14. The smallest absolute Gasteiger partial charge is 0.271 e. The van der Waals surface area contributed by atoms with Crippen molar-refractivity contribution in [2.24, 2.45) is 23.7 Å². The van der Waals surface area contributed by atoms with E-state index in [1.807, 2.05) is 12.2 Å². The fraction of sp³-hybridized carbons (Fsp3) is 0.312. The number of hydrogen-bond donors (Lipinski definition) is 1. The average molecular weight is 317 g/mol. The summed E-state index contributed by atoms with van der Waals surface area (Å²) in [5.74, 6) is -1.59. The van der Waals surface area contributed by atoms with Gasteiger partial charge in [0.05, 0.1) is 22.4 Å². The number of nitrogens with one attached hydrogen (secondary N) is 1. The van der Waals surface area contributed by atoms with Crippen LogP contribution in [0.5, 0.6) is 0 Å². The standard InChI is InChI=1S/C16H13ClN2O3/c17-11-4-2-1-3-10(11)14(20)18-19-15(21)12-8-5-6-9(7-8)13(12)16(19)22/h1-6,8-9,12-13H,7H2,(H,18,20)/t8-,9-,12+,13+/m0/s1. The van der Waals surface area contributed by atoms with Crippen LogP contribution in [0.25, 0.3) is 0 Å². The largest absolute Gasteiger partial charge is 0.272 e. The van der Waals surface area contributed by atoms with Crippen molar-refractivity contribution in [2.45, 2.75) is 6.42 Å². The Morgan fingerprint density at radius 1 is 1.09 bits per heavy atom. The highest BCUT2D eigenvalue weighted by atomic mass is 35.5. The van der Waals surface area contributed by atoms with Gasteiger partial charge >= 0.3 is 0 Å². The van der Waals surface area contributed by atoms with Crippen LogP contribution in [-0.4, -0.2) is 22.7 Å². The van der Waals surface area contributed by atoms with Crippen molar-refractivity contribution >= 4 is 29.3 Å². The summed E-state index contributed by atoms with van der Waals surface area (Å²) in [5, 5.41) is 1.16. The summed E-state index contributed by atoms with van der Waals surface area (Å²) >= 11 is 5.97. The molecule has 3 amide bonds. The van der Waals surface area contributed by atoms with Crippen LogP contribution < -0.4 is 5.43 Å². The summed E-state index contributed by atoms with van der Waals surface area (Å²) in [6.07, 6.45) is 4.88. The van der Waals surface area contributed by atoms with Crippen LogP contribution in [0.1, 0.15) is 16.8 Å². The molecule has 0 unspecified atom stereocenters. The van der Waals surface area contributed by atoms with E-state index in [-0.39, 0.29) is 46.1 Å². The van der Waals surface area contributed by atoms with Gasteiger partial charge in [0.15, 0.2) is 0 Å². The number of amides is 3. The Bertz CT molecular complexity index is 700. The van der Waals surface area contributed by atoms with Crippen LogP contribution in [-0.2, 0) is 9.59 Å². The first-order valence-electron chi connectivity index (χ1n) is 7.19. The molecular weight excluding hydrogens is 304 g/mol. The Morgan fingerprint density at radius 3 is 2.27 bits per heavy atom. The molecule has 3 aliphatic rings. The molecular formula is C16H13ClN2O3. The summed E-state index contributed by atoms with van der Waals surface area (Å²) in [6, 6.07) is 6.52. The van der Waals surface area contributed by atoms with Crippen molar-refractivity contribution in [2.75, 3.05) is 0 Å². The zero-order valence-electron chi connectivity index (χ0n) is 11.5. The summed E-state index contributed by atoms with van der Waals surface area (Å²) < 4.78 is 0. The lowest BCUT2D eigenvalue weighted by atomic mass is 9.85. The highest BCUT2D eigenvalue weighted by Crippen LogP contribution is 2.52. The number of nitrogens with zero attached hydrogens (tertiary/aromatic N) is 1. The van der Waals surface area contributed by atoms with Crippen LogP contribution in [0.4, 0.5) is 0 Å². The van der Waals surface area contributed by atoms with Gasteiger partial charge in [-0.3, -0.25) is 19.8 Å². The average Bonchev–Trinajstić information content (AvgIpc) is 3.17. The Balaban J connectivity index is 1.58. The molecule has 1 aliphatic heterocycles. The molecule has 4 rings (SSSR count). The minimum Gasteiger partial charge on any atom is -0.272 e. The monoisotopic (exact) mass is 316 g/mol. The molecule has 1 aromatic carbocycles. The lowest BCUT2D eigenvalue weighted by molar-refractivity contribution is -0.143. The van der Waals surface area contributed by atoms with E-state index in [9.17, 15) is 14.4 Å². The Labute approximate surface area is 131 Å². The molecule has 1 aromatic rings. The topological polar surface area (TPSA) is 66.5 Å². The SMILES string of the molecule is O=C(NN1C(=O)[C@H]2[C@H](C1=O)[C@H]1C=C[C@H]2C1)c1ccccc1Cl. The van der Waals surface area contributed by atoms with Gasteiger partial charge in [-0.05, 0) is 30.4 Å². The van der Waals surface area contributed by atoms with Gasteiger partial charge in [0.25, 0.3) is 17.7 Å². The number of allylic oxidation sites excluding steroid dienone is 2. The van der Waals surface area contributed by atoms with E-state index in [1.54, 1.807) is 24.3 Å². The molecule has 0 radical (unpaired) electrons. The molecule has 4 atom stereocenters. The first kappa shape index (κ1) is 13.5. The Kier molecular flexibility index (Phi) is 2.87. The molecule has 2 bridgehead atoms. The molecule has 2 fully saturated rings. The lowest BCUT2D eigenvalue weighted by Crippen LogP contribution is -2.47. The number of carbonyl (C=O) groups excluding carboxylic acids is 3. The maximum atomic E-state index is 12.5. The molecule has 6 heteroatoms. The molecule has 0 spiro atoms. The van der Waals surface area contributed by atoms with Crippen LogP contribution in [0.15, 0.2) is 36.4 Å². The fourth-order valence-electron chi connectivity index (χ4n) is 3.82. The molecule has 1 N–H and O–H groups in total. The van der Waals surface area contributed by atoms with Crippen molar-refractivity contribution in [1.82, 2.24) is 10.4 Å². The van der Waals surface area contributed by atoms with E-state index in [0.29, 0.717) is 0 Å². The molecule has 1 heterocycles. The van der Waals surface area contributed by atoms with Crippen LogP contribution in [0, 0.1) is 23.7 Å². The summed E-state index contributed by atoms with van der Waals surface area (Å²) in [6.45, 7) is 0. The first-order chi connectivity index (χ1) is 10.6. The zero-order chi connectivity index (χ0) is 15.4. The number of hydrogen-bond acceptors (Lipinski definition) is 3. The minimum atomic E-state index is -0.549. The van der Waals surface area contributed by atoms with Gasteiger partial charge in [-0.25, -0.2) is 0 Å². The maximum Gasteiger partial charge on any atom is 0.271 e.